The van der Waals surface area contributed by atoms with Crippen LogP contribution in [0.2, 0.25) is 0 Å². The summed E-state index contributed by atoms with van der Waals surface area (Å²) < 4.78 is 48.8. The number of hydrogen-bond acceptors (Lipinski definition) is 21. The molecule has 0 bridgehead atoms. The minimum Gasteiger partial charge on any atom is -0.479 e. The van der Waals surface area contributed by atoms with Crippen molar-refractivity contribution in [1.29, 1.82) is 0 Å². The molecule has 0 aromatic rings. The molecule has 7 fully saturated rings. The molecule has 3 saturated heterocycles. The van der Waals surface area contributed by atoms with Gasteiger partial charge in [0.15, 0.2) is 25.0 Å². The molecule has 26 unspecified atom stereocenters. The number of carboxylic acid groups (broad SMARTS) is 1. The fourth-order valence-corrected chi connectivity index (χ4v) is 16.0. The van der Waals surface area contributed by atoms with Crippen LogP contribution < -0.4 is 0 Å². The van der Waals surface area contributed by atoms with Crippen LogP contribution >= 0.6 is 0 Å². The lowest BCUT2D eigenvalue weighted by Gasteiger charge is -2.72. The van der Waals surface area contributed by atoms with E-state index in [9.17, 15) is 70.6 Å². The van der Waals surface area contributed by atoms with E-state index >= 15 is 0 Å². The van der Waals surface area contributed by atoms with Crippen molar-refractivity contribution in [2.45, 2.75) is 231 Å². The molecular weight excluding hydrogens is 1000 g/mol. The van der Waals surface area contributed by atoms with Crippen LogP contribution in [0.3, 0.4) is 0 Å². The molecule has 8 aliphatic rings. The lowest BCUT2D eigenvalue weighted by molar-refractivity contribution is -0.392. The summed E-state index contributed by atoms with van der Waals surface area (Å²) in [5, 5.41) is 121. The second-order valence-electron chi connectivity index (χ2n) is 25.6. The van der Waals surface area contributed by atoms with Crippen molar-refractivity contribution in [1.82, 2.24) is 0 Å². The summed E-state index contributed by atoms with van der Waals surface area (Å²) in [5.74, 6) is -3.64. The topological polar surface area (TPSA) is 348 Å². The Morgan fingerprint density at radius 3 is 2.01 bits per heavy atom. The summed E-state index contributed by atoms with van der Waals surface area (Å²) in [6.07, 6.45) is -22.9. The molecule has 5 aliphatic carbocycles. The molecule has 434 valence electrons. The summed E-state index contributed by atoms with van der Waals surface area (Å²) in [7, 11) is 0. The summed E-state index contributed by atoms with van der Waals surface area (Å²) in [4.78, 5) is 39.3. The van der Waals surface area contributed by atoms with Crippen LogP contribution in [0.1, 0.15) is 121 Å². The number of carboxylic acids is 1. The second-order valence-corrected chi connectivity index (χ2v) is 25.6. The normalized spacial score (nSPS) is 50.1. The standard InChI is InChI=1S/C54H86O22/c1-11-23(2)45(68)76-43-42(70-24(3)57)49(4,5)18-26-25-12-13-30-51(8)16-15-32(50(6,7)29(51)14-17-52(30,9)53(25,10)19-31(59)54(26,43)22-56)72-48-41(75-47-37(64)35(62)34(61)28(20-55)71-47)39(38(65)40(74-48)44(66)67)73-46-36(63)33(60)27(58)21-69-46/h12,23,26-43,46-48,55-56,58-65H,11,13-22H2,1-10H3,(H,66,67). The molecule has 8 rings (SSSR count). The Labute approximate surface area is 443 Å². The molecule has 0 amide bonds. The molecular formula is C54H86O22. The third-order valence-electron chi connectivity index (χ3n) is 20.8. The van der Waals surface area contributed by atoms with Crippen LogP contribution in [0.25, 0.3) is 0 Å². The summed E-state index contributed by atoms with van der Waals surface area (Å²) in [5.41, 5.74) is -3.16. The minimum atomic E-state index is -2.10. The maximum atomic E-state index is 13.7. The van der Waals surface area contributed by atoms with Crippen molar-refractivity contribution in [2.75, 3.05) is 19.8 Å². The zero-order valence-corrected chi connectivity index (χ0v) is 45.5. The number of aliphatic carboxylic acids is 1. The van der Waals surface area contributed by atoms with Crippen molar-refractivity contribution in [3.63, 3.8) is 0 Å². The summed E-state index contributed by atoms with van der Waals surface area (Å²) in [6.45, 7) is 17.9. The molecule has 22 nitrogen and oxygen atoms in total. The Morgan fingerprint density at radius 2 is 1.39 bits per heavy atom. The van der Waals surface area contributed by atoms with E-state index in [1.807, 2.05) is 20.8 Å². The van der Waals surface area contributed by atoms with Crippen LogP contribution in [-0.4, -0.2) is 204 Å². The first kappa shape index (κ1) is 59.6. The molecule has 26 atom stereocenters. The second kappa shape index (κ2) is 21.4. The molecule has 0 radical (unpaired) electrons. The van der Waals surface area contributed by atoms with Crippen molar-refractivity contribution in [3.8, 4) is 0 Å². The van der Waals surface area contributed by atoms with E-state index in [0.29, 0.717) is 44.9 Å². The molecule has 76 heavy (non-hydrogen) atoms. The van der Waals surface area contributed by atoms with Gasteiger partial charge in [-0.1, -0.05) is 74.0 Å². The predicted molar refractivity (Wildman–Crippen MR) is 262 cm³/mol. The highest BCUT2D eigenvalue weighted by molar-refractivity contribution is 5.73. The van der Waals surface area contributed by atoms with Crippen LogP contribution in [0, 0.1) is 56.2 Å². The van der Waals surface area contributed by atoms with E-state index in [1.165, 1.54) is 6.92 Å². The van der Waals surface area contributed by atoms with E-state index in [1.54, 1.807) is 6.92 Å². The zero-order chi connectivity index (χ0) is 56.2. The molecule has 22 heteroatoms. The van der Waals surface area contributed by atoms with Gasteiger partial charge in [-0.25, -0.2) is 4.79 Å². The van der Waals surface area contributed by atoms with E-state index < -0.39 is 187 Å². The Kier molecular flexibility index (Phi) is 16.8. The third kappa shape index (κ3) is 9.49. The number of aliphatic hydroxyl groups excluding tert-OH is 10. The van der Waals surface area contributed by atoms with Gasteiger partial charge >= 0.3 is 17.9 Å². The zero-order valence-electron chi connectivity index (χ0n) is 45.5. The Balaban J connectivity index is 1.12. The maximum absolute atomic E-state index is 13.7. The number of carbonyl (C=O) groups excluding carboxylic acids is 2. The molecule has 3 heterocycles. The van der Waals surface area contributed by atoms with Crippen LogP contribution in [0.15, 0.2) is 11.6 Å². The lowest BCUT2D eigenvalue weighted by Crippen LogP contribution is -2.72. The average Bonchev–Trinajstić information content (AvgIpc) is 3.34. The van der Waals surface area contributed by atoms with Crippen LogP contribution in [0.5, 0.6) is 0 Å². The van der Waals surface area contributed by atoms with Crippen molar-refractivity contribution in [3.05, 3.63) is 11.6 Å². The number of rotatable bonds is 13. The van der Waals surface area contributed by atoms with Gasteiger partial charge in [-0.05, 0) is 90.8 Å². The summed E-state index contributed by atoms with van der Waals surface area (Å²) in [6, 6.07) is 0. The van der Waals surface area contributed by atoms with Gasteiger partial charge in [0.1, 0.15) is 73.2 Å². The monoisotopic (exact) mass is 1090 g/mol. The SMILES string of the molecule is CCC(C)C(=O)OC1C(OC(C)=O)C(C)(C)CC2C3=CCC4C5(C)CCC(OC6OC(C(=O)O)C(O)C(OC7OCC(O)C(O)C7O)C6OC6OC(CO)C(O)C(O)C6O)C(C)(C)C5CCC4(C)C3(C)CC(O)C21CO. The Morgan fingerprint density at radius 1 is 0.737 bits per heavy atom. The largest absolute Gasteiger partial charge is 0.479 e. The van der Waals surface area contributed by atoms with Gasteiger partial charge in [-0.3, -0.25) is 9.59 Å². The van der Waals surface area contributed by atoms with E-state index in [-0.39, 0.29) is 23.7 Å². The molecule has 3 aliphatic heterocycles. The number of aliphatic hydroxyl groups is 10. The first-order valence-corrected chi connectivity index (χ1v) is 27.3. The number of ether oxygens (including phenoxy) is 8. The Hall–Kier alpha value is -2.49. The fourth-order valence-electron chi connectivity index (χ4n) is 16.0. The Bertz CT molecular complexity index is 2150. The minimum absolute atomic E-state index is 0.0410. The van der Waals surface area contributed by atoms with Crippen LogP contribution in [-0.2, 0) is 52.3 Å². The van der Waals surface area contributed by atoms with Crippen molar-refractivity contribution in [2.24, 2.45) is 56.2 Å². The number of esters is 2. The highest BCUT2D eigenvalue weighted by Gasteiger charge is 2.74. The fraction of sp³-hybridized carbons (Fsp3) is 0.907. The number of fused-ring (bicyclic) bond motifs is 7. The molecule has 11 N–H and O–H groups in total. The highest BCUT2D eigenvalue weighted by Crippen LogP contribution is 2.76. The predicted octanol–water partition coefficient (Wildman–Crippen LogP) is 0.426. The first-order valence-electron chi connectivity index (χ1n) is 27.3. The van der Waals surface area contributed by atoms with Crippen molar-refractivity contribution < 1.29 is 108 Å². The van der Waals surface area contributed by atoms with Crippen molar-refractivity contribution >= 4 is 17.9 Å². The van der Waals surface area contributed by atoms with E-state index in [0.717, 1.165) is 5.57 Å². The van der Waals surface area contributed by atoms with Gasteiger partial charge in [-0.2, -0.15) is 0 Å². The maximum Gasteiger partial charge on any atom is 0.335 e. The van der Waals surface area contributed by atoms with Gasteiger partial charge < -0.3 is 94.1 Å². The van der Waals surface area contributed by atoms with E-state index in [4.69, 9.17) is 37.9 Å². The van der Waals surface area contributed by atoms with Gasteiger partial charge in [0.2, 0.25) is 0 Å². The number of hydrogen-bond donors (Lipinski definition) is 11. The van der Waals surface area contributed by atoms with Gasteiger partial charge in [-0.15, -0.1) is 0 Å². The van der Waals surface area contributed by atoms with Gasteiger partial charge in [0, 0.05) is 12.3 Å². The average molecular weight is 1090 g/mol. The summed E-state index contributed by atoms with van der Waals surface area (Å²) >= 11 is 0. The van der Waals surface area contributed by atoms with Gasteiger partial charge in [0.05, 0.1) is 43.4 Å². The van der Waals surface area contributed by atoms with Crippen LogP contribution in [0.4, 0.5) is 0 Å². The highest BCUT2D eigenvalue weighted by atomic mass is 16.8. The third-order valence-corrected chi connectivity index (χ3v) is 20.8. The number of allylic oxidation sites excluding steroid dienone is 2. The lowest BCUT2D eigenvalue weighted by atomic mass is 9.33. The first-order chi connectivity index (χ1) is 35.4. The van der Waals surface area contributed by atoms with Gasteiger partial charge in [0.25, 0.3) is 0 Å². The molecule has 0 spiro atoms. The molecule has 4 saturated carbocycles. The smallest absolute Gasteiger partial charge is 0.335 e. The molecule has 0 aromatic heterocycles. The van der Waals surface area contributed by atoms with E-state index in [2.05, 4.69) is 40.7 Å². The number of carbonyl (C=O) groups is 3. The molecule has 0 aromatic carbocycles. The quantitative estimate of drug-likeness (QED) is 0.0677.